The summed E-state index contributed by atoms with van der Waals surface area (Å²) in [6, 6.07) is 0. The van der Waals surface area contributed by atoms with Crippen molar-refractivity contribution in [2.24, 2.45) is 5.92 Å². The third-order valence-corrected chi connectivity index (χ3v) is 11.6. The molecule has 0 saturated carbocycles. The molecule has 2 nitrogen and oxygen atoms in total. The molecule has 1 heterocycles. The van der Waals surface area contributed by atoms with Crippen LogP contribution in [0.1, 0.15) is 61.8 Å². The topological polar surface area (TPSA) is 18.5 Å². The maximum atomic E-state index is 6.62. The number of ether oxygens (including phenoxy) is 1. The van der Waals surface area contributed by atoms with Crippen LogP contribution in [0.25, 0.3) is 0 Å². The maximum Gasteiger partial charge on any atom is 0.210 e. The first-order valence-electron chi connectivity index (χ1n) is 7.18. The lowest BCUT2D eigenvalue weighted by Crippen LogP contribution is -2.56. The molecule has 1 aliphatic heterocycles. The van der Waals surface area contributed by atoms with Crippen molar-refractivity contribution >= 4 is 8.32 Å². The molecule has 0 amide bonds. The van der Waals surface area contributed by atoms with E-state index in [2.05, 4.69) is 55.4 Å². The SMILES string of the molecule is COC1C[C@H](C(C)C)[Si](C(C)(C)C)(C(C)(C)C)O1. The Kier molecular flexibility index (Phi) is 4.42. The van der Waals surface area contributed by atoms with Gasteiger partial charge in [0, 0.05) is 13.5 Å². The van der Waals surface area contributed by atoms with Crippen molar-refractivity contribution in [2.75, 3.05) is 7.11 Å². The lowest BCUT2D eigenvalue weighted by Gasteiger charge is -2.52. The van der Waals surface area contributed by atoms with E-state index in [9.17, 15) is 0 Å². The number of methoxy groups -OCH3 is 1. The van der Waals surface area contributed by atoms with Crippen LogP contribution in [-0.2, 0) is 9.16 Å². The van der Waals surface area contributed by atoms with Gasteiger partial charge in [-0.3, -0.25) is 0 Å². The Bertz CT molecular complexity index is 272. The summed E-state index contributed by atoms with van der Waals surface area (Å²) in [7, 11) is -0.161. The monoisotopic (exact) mass is 272 g/mol. The lowest BCUT2D eigenvalue weighted by molar-refractivity contribution is -0.0501. The van der Waals surface area contributed by atoms with Crippen LogP contribution >= 0.6 is 0 Å². The third-order valence-electron chi connectivity index (χ3n) is 4.58. The van der Waals surface area contributed by atoms with Gasteiger partial charge >= 0.3 is 0 Å². The molecule has 1 unspecified atom stereocenters. The van der Waals surface area contributed by atoms with E-state index in [0.29, 0.717) is 11.5 Å². The molecule has 1 fully saturated rings. The fraction of sp³-hybridized carbons (Fsp3) is 1.00. The van der Waals surface area contributed by atoms with Crippen molar-refractivity contribution in [1.29, 1.82) is 0 Å². The van der Waals surface area contributed by atoms with E-state index in [-0.39, 0.29) is 16.4 Å². The summed E-state index contributed by atoms with van der Waals surface area (Å²) in [5, 5.41) is 0.459. The van der Waals surface area contributed by atoms with Crippen LogP contribution in [0.5, 0.6) is 0 Å². The van der Waals surface area contributed by atoms with E-state index >= 15 is 0 Å². The van der Waals surface area contributed by atoms with Gasteiger partial charge in [0.15, 0.2) is 0 Å². The molecule has 0 bridgehead atoms. The molecular weight excluding hydrogens is 240 g/mol. The van der Waals surface area contributed by atoms with E-state index in [4.69, 9.17) is 9.16 Å². The molecule has 0 aromatic heterocycles. The minimum Gasteiger partial charge on any atom is -0.391 e. The molecule has 0 spiro atoms. The molecule has 0 aliphatic carbocycles. The van der Waals surface area contributed by atoms with Crippen molar-refractivity contribution in [3.8, 4) is 0 Å². The van der Waals surface area contributed by atoms with E-state index < -0.39 is 8.32 Å². The number of rotatable bonds is 2. The standard InChI is InChI=1S/C15H32O2Si/c1-11(2)12-10-13(16-9)17-18(12,14(3,4)5)15(6,7)8/h11-13H,10H2,1-9H3/t12-,13?/m1/s1. The number of hydrogen-bond acceptors (Lipinski definition) is 2. The Morgan fingerprint density at radius 1 is 1.06 bits per heavy atom. The average Bonchev–Trinajstić information content (AvgIpc) is 2.55. The summed E-state index contributed by atoms with van der Waals surface area (Å²) in [4.78, 5) is 0. The van der Waals surface area contributed by atoms with Gasteiger partial charge in [0.2, 0.25) is 8.32 Å². The van der Waals surface area contributed by atoms with Gasteiger partial charge in [-0.2, -0.15) is 0 Å². The third kappa shape index (κ3) is 2.41. The minimum absolute atomic E-state index is 0.00233. The molecule has 3 heteroatoms. The second-order valence-corrected chi connectivity index (χ2v) is 13.6. The van der Waals surface area contributed by atoms with Gasteiger partial charge in [-0.1, -0.05) is 55.4 Å². The highest BCUT2D eigenvalue weighted by Crippen LogP contribution is 2.63. The molecular formula is C15H32O2Si. The summed E-state index contributed by atoms with van der Waals surface area (Å²) < 4.78 is 12.2. The van der Waals surface area contributed by atoms with E-state index in [1.165, 1.54) is 0 Å². The summed E-state index contributed by atoms with van der Waals surface area (Å²) in [6.45, 7) is 18.8. The molecule has 1 saturated heterocycles. The highest BCUT2D eigenvalue weighted by Gasteiger charge is 2.64. The zero-order chi connectivity index (χ0) is 14.4. The normalized spacial score (nSPS) is 29.0. The van der Waals surface area contributed by atoms with E-state index in [1.54, 1.807) is 7.11 Å². The van der Waals surface area contributed by atoms with Gasteiger partial charge in [-0.15, -0.1) is 0 Å². The predicted molar refractivity (Wildman–Crippen MR) is 80.3 cm³/mol. The fourth-order valence-corrected chi connectivity index (χ4v) is 11.6. The maximum absolute atomic E-state index is 6.62. The second kappa shape index (κ2) is 4.91. The van der Waals surface area contributed by atoms with E-state index in [1.807, 2.05) is 0 Å². The summed E-state index contributed by atoms with van der Waals surface area (Å²) >= 11 is 0. The highest BCUT2D eigenvalue weighted by molar-refractivity contribution is 6.81. The van der Waals surface area contributed by atoms with Gasteiger partial charge in [-0.25, -0.2) is 0 Å². The lowest BCUT2D eigenvalue weighted by atomic mass is 10.1. The van der Waals surface area contributed by atoms with E-state index in [0.717, 1.165) is 6.42 Å². The second-order valence-electron chi connectivity index (χ2n) is 8.10. The average molecular weight is 273 g/mol. The smallest absolute Gasteiger partial charge is 0.210 e. The molecule has 0 radical (unpaired) electrons. The molecule has 0 aromatic rings. The van der Waals surface area contributed by atoms with Crippen molar-refractivity contribution in [3.05, 3.63) is 0 Å². The molecule has 108 valence electrons. The molecule has 18 heavy (non-hydrogen) atoms. The van der Waals surface area contributed by atoms with Crippen LogP contribution in [0.15, 0.2) is 0 Å². The Morgan fingerprint density at radius 3 is 1.72 bits per heavy atom. The van der Waals surface area contributed by atoms with Crippen molar-refractivity contribution in [2.45, 2.75) is 83.7 Å². The summed E-state index contributed by atoms with van der Waals surface area (Å²) in [5.41, 5.74) is 0.669. The molecule has 0 aromatic carbocycles. The van der Waals surface area contributed by atoms with Crippen molar-refractivity contribution in [3.63, 3.8) is 0 Å². The highest BCUT2D eigenvalue weighted by atomic mass is 28.4. The Morgan fingerprint density at radius 2 is 1.50 bits per heavy atom. The predicted octanol–water partition coefficient (Wildman–Crippen LogP) is 4.95. The van der Waals surface area contributed by atoms with Gasteiger partial charge in [0.1, 0.15) is 6.29 Å². The quantitative estimate of drug-likeness (QED) is 0.662. The zero-order valence-electron chi connectivity index (χ0n) is 13.8. The molecule has 1 aliphatic rings. The fourth-order valence-electron chi connectivity index (χ4n) is 4.19. The van der Waals surface area contributed by atoms with Gasteiger partial charge in [0.05, 0.1) is 0 Å². The van der Waals surface area contributed by atoms with Crippen molar-refractivity contribution in [1.82, 2.24) is 0 Å². The Hall–Kier alpha value is 0.137. The Labute approximate surface area is 115 Å². The largest absolute Gasteiger partial charge is 0.391 e. The van der Waals surface area contributed by atoms with Crippen LogP contribution in [0.4, 0.5) is 0 Å². The van der Waals surface area contributed by atoms with Crippen molar-refractivity contribution < 1.29 is 9.16 Å². The first-order valence-corrected chi connectivity index (χ1v) is 9.16. The van der Waals surface area contributed by atoms with Crippen LogP contribution < -0.4 is 0 Å². The Balaban J connectivity index is 3.32. The first-order chi connectivity index (χ1) is 7.97. The summed E-state index contributed by atoms with van der Waals surface area (Å²) in [5.74, 6) is 0.662. The van der Waals surface area contributed by atoms with Crippen LogP contribution in [0.3, 0.4) is 0 Å². The molecule has 1 rings (SSSR count). The van der Waals surface area contributed by atoms with Gasteiger partial charge in [0.25, 0.3) is 0 Å². The minimum atomic E-state index is -1.94. The van der Waals surface area contributed by atoms with Crippen LogP contribution in [0, 0.1) is 5.92 Å². The number of hydrogen-bond donors (Lipinski definition) is 0. The molecule has 0 N–H and O–H groups in total. The van der Waals surface area contributed by atoms with Crippen LogP contribution in [-0.4, -0.2) is 21.7 Å². The first kappa shape index (κ1) is 16.2. The van der Waals surface area contributed by atoms with Gasteiger partial charge in [-0.05, 0) is 21.5 Å². The zero-order valence-corrected chi connectivity index (χ0v) is 14.8. The molecule has 2 atom stereocenters. The van der Waals surface area contributed by atoms with Crippen LogP contribution in [0.2, 0.25) is 15.6 Å². The summed E-state index contributed by atoms with van der Waals surface area (Å²) in [6.07, 6.45) is 1.07. The van der Waals surface area contributed by atoms with Gasteiger partial charge < -0.3 is 9.16 Å².